The molecule has 0 bridgehead atoms. The van der Waals surface area contributed by atoms with Gasteiger partial charge in [0.15, 0.2) is 0 Å². The zero-order chi connectivity index (χ0) is 13.8. The third kappa shape index (κ3) is 3.34. The maximum Gasteiger partial charge on any atom is 0.252 e. The van der Waals surface area contributed by atoms with E-state index in [1.54, 1.807) is 14.0 Å². The molecule has 0 fully saturated rings. The second-order valence-corrected chi connectivity index (χ2v) is 4.37. The zero-order valence-electron chi connectivity index (χ0n) is 11.2. The number of methoxy groups -OCH3 is 1. The highest BCUT2D eigenvalue weighted by atomic mass is 16.5. The Morgan fingerprint density at radius 1 is 1.32 bits per heavy atom. The molecular weight excluding hydrogens is 242 g/mol. The van der Waals surface area contributed by atoms with Gasteiger partial charge in [0.05, 0.1) is 13.2 Å². The van der Waals surface area contributed by atoms with Gasteiger partial charge in [-0.1, -0.05) is 12.1 Å². The Morgan fingerprint density at radius 2 is 2.00 bits per heavy atom. The summed E-state index contributed by atoms with van der Waals surface area (Å²) in [4.78, 5) is 18.3. The predicted molar refractivity (Wildman–Crippen MR) is 74.6 cm³/mol. The van der Waals surface area contributed by atoms with Crippen molar-refractivity contribution in [1.82, 2.24) is 9.97 Å². The molecule has 1 aromatic carbocycles. The summed E-state index contributed by atoms with van der Waals surface area (Å²) in [6, 6.07) is 9.26. The Balaban J connectivity index is 2.15. The van der Waals surface area contributed by atoms with Crippen molar-refractivity contribution in [3.63, 3.8) is 0 Å². The smallest absolute Gasteiger partial charge is 0.252 e. The van der Waals surface area contributed by atoms with E-state index in [9.17, 15) is 4.79 Å². The van der Waals surface area contributed by atoms with E-state index < -0.39 is 0 Å². The van der Waals surface area contributed by atoms with Crippen molar-refractivity contribution in [1.29, 1.82) is 0 Å². The highest BCUT2D eigenvalue weighted by molar-refractivity contribution is 5.34. The number of aromatic amines is 1. The maximum absolute atomic E-state index is 11.4. The van der Waals surface area contributed by atoms with Crippen LogP contribution in [0, 0.1) is 6.92 Å². The third-order valence-electron chi connectivity index (χ3n) is 2.84. The van der Waals surface area contributed by atoms with E-state index in [2.05, 4.69) is 15.3 Å². The minimum atomic E-state index is -0.156. The second-order valence-electron chi connectivity index (χ2n) is 4.37. The fourth-order valence-corrected chi connectivity index (χ4v) is 1.83. The summed E-state index contributed by atoms with van der Waals surface area (Å²) in [5.74, 6) is 1.30. The second kappa shape index (κ2) is 5.56. The highest BCUT2D eigenvalue weighted by Gasteiger charge is 2.07. The Bertz CT molecular complexity index is 605. The van der Waals surface area contributed by atoms with Crippen LogP contribution in [0.4, 0.5) is 5.95 Å². The zero-order valence-corrected chi connectivity index (χ0v) is 11.2. The average molecular weight is 259 g/mol. The molecule has 0 aliphatic carbocycles. The van der Waals surface area contributed by atoms with Crippen LogP contribution in [0.15, 0.2) is 35.1 Å². The topological polar surface area (TPSA) is 67.0 Å². The number of ether oxygens (including phenoxy) is 1. The lowest BCUT2D eigenvalue weighted by molar-refractivity contribution is 0.414. The molecule has 0 aliphatic rings. The summed E-state index contributed by atoms with van der Waals surface area (Å²) >= 11 is 0. The van der Waals surface area contributed by atoms with Crippen LogP contribution in [0.2, 0.25) is 0 Å². The first kappa shape index (κ1) is 13.1. The van der Waals surface area contributed by atoms with Gasteiger partial charge in [-0.15, -0.1) is 0 Å². The molecule has 1 aromatic heterocycles. The van der Waals surface area contributed by atoms with Gasteiger partial charge in [0.25, 0.3) is 5.56 Å². The maximum atomic E-state index is 11.4. The number of benzene rings is 1. The van der Waals surface area contributed by atoms with E-state index in [0.29, 0.717) is 11.6 Å². The minimum absolute atomic E-state index is 0.0378. The van der Waals surface area contributed by atoms with Gasteiger partial charge in [-0.05, 0) is 31.5 Å². The largest absolute Gasteiger partial charge is 0.497 e. The molecule has 0 radical (unpaired) electrons. The molecule has 0 saturated carbocycles. The molecule has 2 rings (SSSR count). The molecule has 0 spiro atoms. The van der Waals surface area contributed by atoms with E-state index >= 15 is 0 Å². The number of nitrogens with one attached hydrogen (secondary N) is 2. The molecule has 0 amide bonds. The standard InChI is InChI=1S/C14H17N3O2/c1-9-8-13(18)17-14(15-9)16-10(2)11-4-6-12(19-3)7-5-11/h4-8,10H,1-3H3,(H2,15,16,17,18). The van der Waals surface area contributed by atoms with Gasteiger partial charge in [0, 0.05) is 11.8 Å². The molecular formula is C14H17N3O2. The van der Waals surface area contributed by atoms with Gasteiger partial charge in [-0.2, -0.15) is 0 Å². The van der Waals surface area contributed by atoms with Crippen LogP contribution in [0.25, 0.3) is 0 Å². The van der Waals surface area contributed by atoms with E-state index in [-0.39, 0.29) is 11.6 Å². The fraction of sp³-hybridized carbons (Fsp3) is 0.286. The molecule has 19 heavy (non-hydrogen) atoms. The Labute approximate surface area is 111 Å². The van der Waals surface area contributed by atoms with Gasteiger partial charge in [-0.25, -0.2) is 4.98 Å². The lowest BCUT2D eigenvalue weighted by Gasteiger charge is -2.15. The van der Waals surface area contributed by atoms with E-state index in [1.165, 1.54) is 6.07 Å². The van der Waals surface area contributed by atoms with Crippen molar-refractivity contribution < 1.29 is 4.74 Å². The summed E-state index contributed by atoms with van der Waals surface area (Å²) in [5.41, 5.74) is 1.62. The summed E-state index contributed by atoms with van der Waals surface area (Å²) in [6.07, 6.45) is 0. The van der Waals surface area contributed by atoms with E-state index in [1.807, 2.05) is 31.2 Å². The molecule has 1 unspecified atom stereocenters. The first-order valence-electron chi connectivity index (χ1n) is 6.07. The van der Waals surface area contributed by atoms with Gasteiger partial charge < -0.3 is 10.1 Å². The van der Waals surface area contributed by atoms with Crippen molar-refractivity contribution in [3.05, 3.63) is 51.9 Å². The number of aryl methyl sites for hydroxylation is 1. The quantitative estimate of drug-likeness (QED) is 0.883. The normalized spacial score (nSPS) is 11.9. The molecule has 100 valence electrons. The van der Waals surface area contributed by atoms with Crippen LogP contribution in [0.1, 0.15) is 24.2 Å². The Morgan fingerprint density at radius 3 is 2.58 bits per heavy atom. The molecule has 5 heteroatoms. The van der Waals surface area contributed by atoms with Gasteiger partial charge in [0.2, 0.25) is 5.95 Å². The van der Waals surface area contributed by atoms with E-state index in [0.717, 1.165) is 11.3 Å². The molecule has 0 aliphatic heterocycles. The van der Waals surface area contributed by atoms with Gasteiger partial charge in [0.1, 0.15) is 5.75 Å². The molecule has 1 heterocycles. The van der Waals surface area contributed by atoms with Crippen molar-refractivity contribution in [2.24, 2.45) is 0 Å². The summed E-state index contributed by atoms with van der Waals surface area (Å²) < 4.78 is 5.12. The summed E-state index contributed by atoms with van der Waals surface area (Å²) in [5, 5.41) is 3.17. The van der Waals surface area contributed by atoms with Crippen LogP contribution in [-0.4, -0.2) is 17.1 Å². The van der Waals surface area contributed by atoms with Gasteiger partial charge >= 0.3 is 0 Å². The molecule has 2 N–H and O–H groups in total. The van der Waals surface area contributed by atoms with Crippen molar-refractivity contribution in [2.45, 2.75) is 19.9 Å². The Kier molecular flexibility index (Phi) is 3.85. The number of hydrogen-bond acceptors (Lipinski definition) is 4. The average Bonchev–Trinajstić information content (AvgIpc) is 2.37. The predicted octanol–water partition coefficient (Wildman–Crippen LogP) is 2.26. The van der Waals surface area contributed by atoms with Gasteiger partial charge in [-0.3, -0.25) is 9.78 Å². The van der Waals surface area contributed by atoms with Crippen LogP contribution in [0.5, 0.6) is 5.75 Å². The number of nitrogens with zero attached hydrogens (tertiary/aromatic N) is 1. The van der Waals surface area contributed by atoms with Crippen molar-refractivity contribution in [2.75, 3.05) is 12.4 Å². The monoisotopic (exact) mass is 259 g/mol. The number of hydrogen-bond donors (Lipinski definition) is 2. The van der Waals surface area contributed by atoms with E-state index in [4.69, 9.17) is 4.74 Å². The first-order chi connectivity index (χ1) is 9.08. The van der Waals surface area contributed by atoms with Crippen molar-refractivity contribution in [3.8, 4) is 5.75 Å². The van der Waals surface area contributed by atoms with Crippen molar-refractivity contribution >= 4 is 5.95 Å². The van der Waals surface area contributed by atoms with Crippen LogP contribution >= 0.6 is 0 Å². The number of anilines is 1. The third-order valence-corrected chi connectivity index (χ3v) is 2.84. The lowest BCUT2D eigenvalue weighted by atomic mass is 10.1. The molecule has 5 nitrogen and oxygen atoms in total. The number of aromatic nitrogens is 2. The number of H-pyrrole nitrogens is 1. The minimum Gasteiger partial charge on any atom is -0.497 e. The number of rotatable bonds is 4. The first-order valence-corrected chi connectivity index (χ1v) is 6.07. The lowest BCUT2D eigenvalue weighted by Crippen LogP contribution is -2.15. The Hall–Kier alpha value is -2.30. The SMILES string of the molecule is COc1ccc(C(C)Nc2nc(C)cc(=O)[nH]2)cc1. The molecule has 2 aromatic rings. The summed E-state index contributed by atoms with van der Waals surface area (Å²) in [7, 11) is 1.64. The summed E-state index contributed by atoms with van der Waals surface area (Å²) in [6.45, 7) is 3.79. The highest BCUT2D eigenvalue weighted by Crippen LogP contribution is 2.19. The van der Waals surface area contributed by atoms with Crippen LogP contribution < -0.4 is 15.6 Å². The molecule has 1 atom stereocenters. The fourth-order valence-electron chi connectivity index (χ4n) is 1.83. The van der Waals surface area contributed by atoms with Crippen LogP contribution in [0.3, 0.4) is 0 Å². The van der Waals surface area contributed by atoms with Crippen LogP contribution in [-0.2, 0) is 0 Å². The molecule has 0 saturated heterocycles.